The highest BCUT2D eigenvalue weighted by Crippen LogP contribution is 2.36. The van der Waals surface area contributed by atoms with Crippen molar-refractivity contribution >= 4 is 0 Å². The van der Waals surface area contributed by atoms with Gasteiger partial charge in [-0.15, -0.1) is 0 Å². The highest BCUT2D eigenvalue weighted by atomic mass is 16.5. The van der Waals surface area contributed by atoms with E-state index >= 15 is 0 Å². The van der Waals surface area contributed by atoms with Crippen molar-refractivity contribution in [2.75, 3.05) is 6.61 Å². The molecule has 2 unspecified atom stereocenters. The Bertz CT molecular complexity index is 569. The molecule has 0 saturated heterocycles. The molecule has 0 heterocycles. The molecule has 0 N–H and O–H groups in total. The Labute approximate surface area is 193 Å². The zero-order valence-electron chi connectivity index (χ0n) is 20.8. The second-order valence-electron chi connectivity index (χ2n) is 11.0. The van der Waals surface area contributed by atoms with Crippen LogP contribution < -0.4 is 4.74 Å². The van der Waals surface area contributed by atoms with Crippen LogP contribution in [0.25, 0.3) is 0 Å². The van der Waals surface area contributed by atoms with Crippen molar-refractivity contribution in [1.82, 2.24) is 0 Å². The van der Waals surface area contributed by atoms with Crippen LogP contribution in [0, 0.1) is 23.7 Å². The van der Waals surface area contributed by atoms with Crippen LogP contribution in [-0.2, 0) is 6.42 Å². The number of unbranched alkanes of at least 4 members (excludes halogenated alkanes) is 3. The summed E-state index contributed by atoms with van der Waals surface area (Å²) in [5.41, 5.74) is 1.49. The van der Waals surface area contributed by atoms with E-state index in [1.807, 2.05) is 0 Å². The largest absolute Gasteiger partial charge is 0.494 e. The van der Waals surface area contributed by atoms with Crippen LogP contribution in [0.3, 0.4) is 0 Å². The Morgan fingerprint density at radius 3 is 2.10 bits per heavy atom. The van der Waals surface area contributed by atoms with E-state index < -0.39 is 0 Å². The summed E-state index contributed by atoms with van der Waals surface area (Å²) >= 11 is 0. The van der Waals surface area contributed by atoms with Crippen molar-refractivity contribution in [2.45, 2.75) is 123 Å². The fraction of sp³-hybridized carbons (Fsp3) is 0.800. The van der Waals surface area contributed by atoms with Gasteiger partial charge in [0.1, 0.15) is 5.75 Å². The zero-order valence-corrected chi connectivity index (χ0v) is 20.8. The molecule has 0 radical (unpaired) electrons. The van der Waals surface area contributed by atoms with Gasteiger partial charge < -0.3 is 4.74 Å². The van der Waals surface area contributed by atoms with Crippen molar-refractivity contribution in [1.29, 1.82) is 0 Å². The van der Waals surface area contributed by atoms with Crippen molar-refractivity contribution in [2.24, 2.45) is 23.7 Å². The minimum atomic E-state index is 0.888. The van der Waals surface area contributed by atoms with Gasteiger partial charge in [-0.2, -0.15) is 0 Å². The fourth-order valence-corrected chi connectivity index (χ4v) is 6.15. The third-order valence-electron chi connectivity index (χ3n) is 8.38. The average Bonchev–Trinajstić information content (AvgIpc) is 2.81. The lowest BCUT2D eigenvalue weighted by molar-refractivity contribution is 0.190. The standard InChI is InChI=1S/C30H50O/c1-3-4-5-6-10-28-11-7-8-12-29(28)13-9-24-31-30-22-20-27(21-23-30)19-18-26-16-14-25(2)15-17-26/h20-23,25-26,28-29H,3-19,24H2,1-2H3. The molecule has 3 rings (SSSR count). The molecule has 0 bridgehead atoms. The van der Waals surface area contributed by atoms with E-state index in [2.05, 4.69) is 38.1 Å². The molecule has 31 heavy (non-hydrogen) atoms. The Morgan fingerprint density at radius 1 is 0.742 bits per heavy atom. The van der Waals surface area contributed by atoms with Gasteiger partial charge in [0.15, 0.2) is 0 Å². The van der Waals surface area contributed by atoms with Crippen LogP contribution in [-0.4, -0.2) is 6.61 Å². The van der Waals surface area contributed by atoms with Crippen LogP contribution in [0.4, 0.5) is 0 Å². The highest BCUT2D eigenvalue weighted by molar-refractivity contribution is 5.27. The molecule has 0 spiro atoms. The Morgan fingerprint density at radius 2 is 1.42 bits per heavy atom. The summed E-state index contributed by atoms with van der Waals surface area (Å²) in [6, 6.07) is 9.01. The lowest BCUT2D eigenvalue weighted by atomic mass is 9.74. The number of benzene rings is 1. The summed E-state index contributed by atoms with van der Waals surface area (Å²) in [6.45, 7) is 5.62. The van der Waals surface area contributed by atoms with Crippen molar-refractivity contribution in [3.63, 3.8) is 0 Å². The van der Waals surface area contributed by atoms with Gasteiger partial charge in [-0.3, -0.25) is 0 Å². The molecule has 2 fully saturated rings. The summed E-state index contributed by atoms with van der Waals surface area (Å²) in [4.78, 5) is 0. The molecule has 2 aliphatic rings. The van der Waals surface area contributed by atoms with Crippen LogP contribution in [0.1, 0.15) is 122 Å². The molecular formula is C30H50O. The van der Waals surface area contributed by atoms with E-state index in [9.17, 15) is 0 Å². The van der Waals surface area contributed by atoms with Crippen molar-refractivity contribution in [3.05, 3.63) is 29.8 Å². The summed E-state index contributed by atoms with van der Waals surface area (Å²) in [5, 5.41) is 0. The minimum absolute atomic E-state index is 0.888. The number of aryl methyl sites for hydroxylation is 1. The van der Waals surface area contributed by atoms with Crippen LogP contribution >= 0.6 is 0 Å². The molecule has 0 aliphatic heterocycles. The van der Waals surface area contributed by atoms with Gasteiger partial charge in [-0.05, 0) is 67.1 Å². The van der Waals surface area contributed by atoms with Crippen molar-refractivity contribution < 1.29 is 4.74 Å². The van der Waals surface area contributed by atoms with Gasteiger partial charge in [-0.25, -0.2) is 0 Å². The normalized spacial score (nSPS) is 26.6. The molecule has 176 valence electrons. The van der Waals surface area contributed by atoms with E-state index in [-0.39, 0.29) is 0 Å². The first kappa shape index (κ1) is 24.7. The molecular weight excluding hydrogens is 376 g/mol. The maximum Gasteiger partial charge on any atom is 0.119 e. The average molecular weight is 427 g/mol. The van der Waals surface area contributed by atoms with E-state index in [0.717, 1.165) is 36.0 Å². The van der Waals surface area contributed by atoms with E-state index in [1.165, 1.54) is 115 Å². The second-order valence-corrected chi connectivity index (χ2v) is 11.0. The maximum absolute atomic E-state index is 6.11. The zero-order chi connectivity index (χ0) is 21.7. The van der Waals surface area contributed by atoms with Crippen LogP contribution in [0.5, 0.6) is 5.75 Å². The third-order valence-corrected chi connectivity index (χ3v) is 8.38. The minimum Gasteiger partial charge on any atom is -0.494 e. The molecule has 2 aliphatic carbocycles. The topological polar surface area (TPSA) is 9.23 Å². The van der Waals surface area contributed by atoms with E-state index in [1.54, 1.807) is 0 Å². The van der Waals surface area contributed by atoms with Gasteiger partial charge in [0, 0.05) is 0 Å². The molecule has 1 aromatic carbocycles. The molecule has 1 aromatic rings. The predicted octanol–water partition coefficient (Wildman–Crippen LogP) is 9.38. The number of ether oxygens (including phenoxy) is 1. The smallest absolute Gasteiger partial charge is 0.119 e. The maximum atomic E-state index is 6.11. The van der Waals surface area contributed by atoms with Crippen LogP contribution in [0.15, 0.2) is 24.3 Å². The first-order valence-corrected chi connectivity index (χ1v) is 14.0. The number of rotatable bonds is 13. The number of hydrogen-bond donors (Lipinski definition) is 0. The molecule has 0 amide bonds. The van der Waals surface area contributed by atoms with Crippen LogP contribution in [0.2, 0.25) is 0 Å². The first-order chi connectivity index (χ1) is 15.2. The van der Waals surface area contributed by atoms with Gasteiger partial charge in [-0.1, -0.05) is 109 Å². The molecule has 1 nitrogen and oxygen atoms in total. The summed E-state index contributed by atoms with van der Waals surface area (Å²) in [5.74, 6) is 4.95. The SMILES string of the molecule is CCCCCCC1CCCCC1CCCOc1ccc(CCC2CCC(C)CC2)cc1. The monoisotopic (exact) mass is 426 g/mol. The lowest BCUT2D eigenvalue weighted by Crippen LogP contribution is -2.20. The van der Waals surface area contributed by atoms with Gasteiger partial charge in [0.2, 0.25) is 0 Å². The fourth-order valence-electron chi connectivity index (χ4n) is 6.15. The summed E-state index contributed by atoms with van der Waals surface area (Å²) < 4.78 is 6.11. The summed E-state index contributed by atoms with van der Waals surface area (Å²) in [6.07, 6.45) is 24.0. The summed E-state index contributed by atoms with van der Waals surface area (Å²) in [7, 11) is 0. The van der Waals surface area contributed by atoms with Gasteiger partial charge >= 0.3 is 0 Å². The van der Waals surface area contributed by atoms with Gasteiger partial charge in [0.25, 0.3) is 0 Å². The Kier molecular flexibility index (Phi) is 11.3. The van der Waals surface area contributed by atoms with E-state index in [4.69, 9.17) is 4.74 Å². The Hall–Kier alpha value is -0.980. The first-order valence-electron chi connectivity index (χ1n) is 14.0. The highest BCUT2D eigenvalue weighted by Gasteiger charge is 2.24. The number of hydrogen-bond acceptors (Lipinski definition) is 1. The molecule has 1 heteroatoms. The lowest BCUT2D eigenvalue weighted by Gasteiger charge is -2.31. The second kappa shape index (κ2) is 14.2. The molecule has 2 saturated carbocycles. The molecule has 2 atom stereocenters. The van der Waals surface area contributed by atoms with Crippen molar-refractivity contribution in [3.8, 4) is 5.75 Å². The predicted molar refractivity (Wildman–Crippen MR) is 135 cm³/mol. The Balaban J connectivity index is 1.30. The van der Waals surface area contributed by atoms with Gasteiger partial charge in [0.05, 0.1) is 6.61 Å². The van der Waals surface area contributed by atoms with E-state index in [0.29, 0.717) is 0 Å². The quantitative estimate of drug-likeness (QED) is 0.285. The third kappa shape index (κ3) is 9.19. The molecule has 0 aromatic heterocycles.